The summed E-state index contributed by atoms with van der Waals surface area (Å²) in [4.78, 5) is 14.4. The fraction of sp³-hybridized carbons (Fsp3) is 0.692. The highest BCUT2D eigenvalue weighted by Gasteiger charge is 2.34. The molecule has 2 fully saturated rings. The number of nitrogens with two attached hydrogens (primary N) is 1. The molecule has 0 spiro atoms. The van der Waals surface area contributed by atoms with Crippen molar-refractivity contribution >= 4 is 11.6 Å². The van der Waals surface area contributed by atoms with Crippen molar-refractivity contribution in [2.45, 2.75) is 32.6 Å². The molecule has 5 heteroatoms. The largest absolute Gasteiger partial charge is 0.395 e. The summed E-state index contributed by atoms with van der Waals surface area (Å²) >= 11 is 0. The van der Waals surface area contributed by atoms with Gasteiger partial charge in [-0.05, 0) is 38.0 Å². The minimum atomic E-state index is -0.00606. The van der Waals surface area contributed by atoms with Crippen LogP contribution in [0.5, 0.6) is 0 Å². The van der Waals surface area contributed by atoms with E-state index < -0.39 is 0 Å². The molecule has 2 bridgehead atoms. The molecule has 5 nitrogen and oxygen atoms in total. The predicted octanol–water partition coefficient (Wildman–Crippen LogP) is 1.56. The molecule has 1 aliphatic heterocycles. The Morgan fingerprint density at radius 1 is 1.39 bits per heavy atom. The molecule has 98 valence electrons. The molecule has 1 saturated heterocycles. The summed E-state index contributed by atoms with van der Waals surface area (Å²) in [5, 5.41) is 6.83. The van der Waals surface area contributed by atoms with Gasteiger partial charge in [0.15, 0.2) is 5.69 Å². The molecule has 2 heterocycles. The van der Waals surface area contributed by atoms with Gasteiger partial charge in [0.05, 0.1) is 11.4 Å². The van der Waals surface area contributed by atoms with Gasteiger partial charge in [0, 0.05) is 13.1 Å². The minimum Gasteiger partial charge on any atom is -0.395 e. The van der Waals surface area contributed by atoms with E-state index >= 15 is 0 Å². The van der Waals surface area contributed by atoms with Gasteiger partial charge in [-0.25, -0.2) is 0 Å². The maximum Gasteiger partial charge on any atom is 0.276 e. The maximum absolute atomic E-state index is 12.4. The van der Waals surface area contributed by atoms with Crippen LogP contribution in [0.2, 0.25) is 0 Å². The van der Waals surface area contributed by atoms with Crippen LogP contribution in [0.15, 0.2) is 0 Å². The summed E-state index contributed by atoms with van der Waals surface area (Å²) in [5.41, 5.74) is 7.55. The van der Waals surface area contributed by atoms with E-state index in [1.165, 1.54) is 25.7 Å². The van der Waals surface area contributed by atoms with E-state index in [0.29, 0.717) is 23.2 Å². The van der Waals surface area contributed by atoms with Crippen LogP contribution in [0.25, 0.3) is 0 Å². The molecule has 0 radical (unpaired) electrons. The van der Waals surface area contributed by atoms with Crippen molar-refractivity contribution in [3.63, 3.8) is 0 Å². The number of aromatic nitrogens is 2. The number of hydrogen-bond acceptors (Lipinski definition) is 3. The SMILES string of the molecule is Cc1[nH]nc(C(=O)N2CC3CCCC(C3)C2)c1N. The third kappa shape index (κ3) is 1.87. The second-order valence-electron chi connectivity index (χ2n) is 5.72. The lowest BCUT2D eigenvalue weighted by atomic mass is 9.78. The van der Waals surface area contributed by atoms with Gasteiger partial charge in [0.25, 0.3) is 5.91 Å². The highest BCUT2D eigenvalue weighted by Crippen LogP contribution is 2.35. The normalized spacial score (nSPS) is 27.3. The zero-order chi connectivity index (χ0) is 12.7. The van der Waals surface area contributed by atoms with Crippen molar-refractivity contribution in [2.24, 2.45) is 11.8 Å². The van der Waals surface area contributed by atoms with E-state index in [1.807, 2.05) is 11.8 Å². The van der Waals surface area contributed by atoms with Crippen LogP contribution >= 0.6 is 0 Å². The minimum absolute atomic E-state index is 0.00606. The summed E-state index contributed by atoms with van der Waals surface area (Å²) < 4.78 is 0. The number of carbonyl (C=O) groups excluding carboxylic acids is 1. The van der Waals surface area contributed by atoms with Crippen molar-refractivity contribution in [1.29, 1.82) is 0 Å². The Labute approximate surface area is 107 Å². The molecule has 1 saturated carbocycles. The van der Waals surface area contributed by atoms with E-state index in [-0.39, 0.29) is 5.91 Å². The number of amides is 1. The quantitative estimate of drug-likeness (QED) is 0.792. The fourth-order valence-electron chi connectivity index (χ4n) is 3.35. The van der Waals surface area contributed by atoms with Crippen LogP contribution in [0, 0.1) is 18.8 Å². The summed E-state index contributed by atoms with van der Waals surface area (Å²) in [6, 6.07) is 0. The Morgan fingerprint density at radius 3 is 2.61 bits per heavy atom. The molecule has 18 heavy (non-hydrogen) atoms. The first-order chi connectivity index (χ1) is 8.65. The van der Waals surface area contributed by atoms with Gasteiger partial charge in [-0.3, -0.25) is 9.89 Å². The third-order valence-electron chi connectivity index (χ3n) is 4.33. The van der Waals surface area contributed by atoms with Crippen LogP contribution in [0.3, 0.4) is 0 Å². The van der Waals surface area contributed by atoms with Crippen LogP contribution in [-0.2, 0) is 0 Å². The molecule has 1 aromatic rings. The fourth-order valence-corrected chi connectivity index (χ4v) is 3.35. The maximum atomic E-state index is 12.4. The number of nitrogens with zero attached hydrogens (tertiary/aromatic N) is 2. The first kappa shape index (κ1) is 11.6. The van der Waals surface area contributed by atoms with Crippen molar-refractivity contribution in [1.82, 2.24) is 15.1 Å². The van der Waals surface area contributed by atoms with Gasteiger partial charge in [-0.2, -0.15) is 5.10 Å². The number of H-pyrrole nitrogens is 1. The van der Waals surface area contributed by atoms with Crippen molar-refractivity contribution < 1.29 is 4.79 Å². The van der Waals surface area contributed by atoms with Crippen LogP contribution < -0.4 is 5.73 Å². The van der Waals surface area contributed by atoms with Crippen molar-refractivity contribution in [2.75, 3.05) is 18.8 Å². The first-order valence-electron chi connectivity index (χ1n) is 6.75. The number of nitrogen functional groups attached to an aromatic ring is 1. The van der Waals surface area contributed by atoms with Gasteiger partial charge < -0.3 is 10.6 Å². The Balaban J connectivity index is 1.78. The first-order valence-corrected chi connectivity index (χ1v) is 6.75. The molecule has 1 amide bonds. The number of nitrogens with one attached hydrogen (secondary N) is 1. The summed E-state index contributed by atoms with van der Waals surface area (Å²) in [5.74, 6) is 1.36. The second-order valence-corrected chi connectivity index (χ2v) is 5.72. The summed E-state index contributed by atoms with van der Waals surface area (Å²) in [6.07, 6.45) is 5.13. The number of hydrogen-bond donors (Lipinski definition) is 2. The molecule has 1 aromatic heterocycles. The van der Waals surface area contributed by atoms with Gasteiger partial charge in [-0.1, -0.05) is 6.42 Å². The van der Waals surface area contributed by atoms with E-state index in [4.69, 9.17) is 5.73 Å². The Hall–Kier alpha value is -1.52. The predicted molar refractivity (Wildman–Crippen MR) is 69.1 cm³/mol. The number of likely N-dealkylation sites (tertiary alicyclic amines) is 1. The average Bonchev–Trinajstić information content (AvgIpc) is 2.69. The summed E-state index contributed by atoms with van der Waals surface area (Å²) in [7, 11) is 0. The topological polar surface area (TPSA) is 75.0 Å². The average molecular weight is 248 g/mol. The van der Waals surface area contributed by atoms with Gasteiger partial charge in [0.2, 0.25) is 0 Å². The summed E-state index contributed by atoms with van der Waals surface area (Å²) in [6.45, 7) is 3.59. The van der Waals surface area contributed by atoms with Crippen LogP contribution in [0.4, 0.5) is 5.69 Å². The molecule has 0 aromatic carbocycles. The number of carbonyl (C=O) groups is 1. The number of piperidine rings is 1. The second kappa shape index (κ2) is 4.30. The zero-order valence-corrected chi connectivity index (χ0v) is 10.8. The molecule has 1 aliphatic carbocycles. The Kier molecular flexibility index (Phi) is 2.76. The molecular formula is C13H20N4O. The lowest BCUT2D eigenvalue weighted by Gasteiger charge is -2.41. The number of rotatable bonds is 1. The number of fused-ring (bicyclic) bond motifs is 2. The van der Waals surface area contributed by atoms with Crippen LogP contribution in [-0.4, -0.2) is 34.1 Å². The smallest absolute Gasteiger partial charge is 0.276 e. The van der Waals surface area contributed by atoms with E-state index in [2.05, 4.69) is 10.2 Å². The highest BCUT2D eigenvalue weighted by molar-refractivity contribution is 5.97. The molecule has 3 N–H and O–H groups in total. The van der Waals surface area contributed by atoms with E-state index in [1.54, 1.807) is 0 Å². The van der Waals surface area contributed by atoms with E-state index in [9.17, 15) is 4.79 Å². The standard InChI is InChI=1S/C13H20N4O/c1-8-11(14)12(16-15-8)13(18)17-6-9-3-2-4-10(5-9)7-17/h9-10H,2-7,14H2,1H3,(H,15,16). The van der Waals surface area contributed by atoms with Crippen LogP contribution in [0.1, 0.15) is 41.9 Å². The number of anilines is 1. The monoisotopic (exact) mass is 248 g/mol. The molecule has 2 aliphatic rings. The Morgan fingerprint density at radius 2 is 2.06 bits per heavy atom. The molecule has 3 rings (SSSR count). The van der Waals surface area contributed by atoms with Crippen molar-refractivity contribution in [3.8, 4) is 0 Å². The Bertz CT molecular complexity index is 456. The molecular weight excluding hydrogens is 228 g/mol. The van der Waals surface area contributed by atoms with Crippen molar-refractivity contribution in [3.05, 3.63) is 11.4 Å². The van der Waals surface area contributed by atoms with Gasteiger partial charge >= 0.3 is 0 Å². The lowest BCUT2D eigenvalue weighted by Crippen LogP contribution is -2.46. The zero-order valence-electron chi connectivity index (χ0n) is 10.8. The molecule has 2 atom stereocenters. The molecule has 2 unspecified atom stereocenters. The third-order valence-corrected chi connectivity index (χ3v) is 4.33. The highest BCUT2D eigenvalue weighted by atomic mass is 16.2. The van der Waals surface area contributed by atoms with E-state index in [0.717, 1.165) is 18.8 Å². The number of aryl methyl sites for hydroxylation is 1. The number of aromatic amines is 1. The van der Waals surface area contributed by atoms with Gasteiger partial charge in [0.1, 0.15) is 0 Å². The lowest BCUT2D eigenvalue weighted by molar-refractivity contribution is 0.0500. The van der Waals surface area contributed by atoms with Gasteiger partial charge in [-0.15, -0.1) is 0 Å².